The van der Waals surface area contributed by atoms with Gasteiger partial charge in [0, 0.05) is 44.4 Å². The maximum atomic E-state index is 14.7. The Morgan fingerprint density at radius 1 is 1.22 bits per heavy atom. The fourth-order valence-electron chi connectivity index (χ4n) is 4.99. The molecule has 1 saturated heterocycles. The molecule has 2 aliphatic rings. The number of ether oxygens (including phenoxy) is 1. The molecular formula is C25H30FN7O3S. The lowest BCUT2D eigenvalue weighted by Crippen LogP contribution is -2.32. The van der Waals surface area contributed by atoms with Crippen LogP contribution in [0.2, 0.25) is 0 Å². The van der Waals surface area contributed by atoms with Crippen LogP contribution in [0.15, 0.2) is 35.4 Å². The molecule has 2 aliphatic heterocycles. The van der Waals surface area contributed by atoms with Crippen LogP contribution < -0.4 is 20.9 Å². The highest BCUT2D eigenvalue weighted by atomic mass is 32.2. The topological polar surface area (TPSA) is 125 Å². The molecule has 4 N–H and O–H groups in total. The minimum Gasteiger partial charge on any atom is -0.481 e. The Hall–Kier alpha value is -2.90. The Labute approximate surface area is 218 Å². The third-order valence-corrected chi connectivity index (χ3v) is 7.92. The van der Waals surface area contributed by atoms with Gasteiger partial charge in [-0.3, -0.25) is 9.78 Å². The number of hydrogen-bond donors (Lipinski definition) is 4. The Morgan fingerprint density at radius 3 is 2.86 bits per heavy atom. The summed E-state index contributed by atoms with van der Waals surface area (Å²) in [5.41, 5.74) is 4.88. The van der Waals surface area contributed by atoms with Crippen LogP contribution in [-0.2, 0) is 17.8 Å². The zero-order valence-corrected chi connectivity index (χ0v) is 21.4. The zero-order valence-electron chi connectivity index (χ0n) is 20.5. The lowest BCUT2D eigenvalue weighted by atomic mass is 9.96. The van der Waals surface area contributed by atoms with Crippen molar-refractivity contribution in [3.63, 3.8) is 0 Å². The fraction of sp³-hybridized carbons (Fsp3) is 0.440. The number of carbonyl (C=O) groups is 1. The standard InChI is InChI=1S/C25H30FN7O3S/c1-36-23-5-3-20-24(32-23)18(19(26)11-28-20)6-7-33-12-15(16(13-33)9-29-35)8-27-10-17-2-4-21-25(30-17)31-22(34)14-37-21/h2-5,11,15-16,27,29,35H,6-10,12-14H2,1H3,(H,30,31,34)/t15-,16?/m1/s1. The number of carbonyl (C=O) groups excluding carboxylic acids is 1. The van der Waals surface area contributed by atoms with E-state index in [1.54, 1.807) is 12.1 Å². The molecule has 0 radical (unpaired) electrons. The number of nitrogens with one attached hydrogen (secondary N) is 3. The summed E-state index contributed by atoms with van der Waals surface area (Å²) in [6.45, 7) is 4.08. The lowest BCUT2D eigenvalue weighted by molar-refractivity contribution is -0.113. The van der Waals surface area contributed by atoms with Crippen molar-refractivity contribution in [2.45, 2.75) is 17.9 Å². The summed E-state index contributed by atoms with van der Waals surface area (Å²) >= 11 is 1.49. The molecule has 0 aliphatic carbocycles. The number of halogens is 1. The molecule has 12 heteroatoms. The molecule has 0 bridgehead atoms. The van der Waals surface area contributed by atoms with Gasteiger partial charge in [-0.05, 0) is 43.0 Å². The van der Waals surface area contributed by atoms with Gasteiger partial charge in [-0.15, -0.1) is 11.8 Å². The van der Waals surface area contributed by atoms with Crippen molar-refractivity contribution < 1.29 is 19.1 Å². The third-order valence-electron chi connectivity index (χ3n) is 6.88. The molecule has 1 unspecified atom stereocenters. The Morgan fingerprint density at radius 2 is 2.05 bits per heavy atom. The minimum absolute atomic E-state index is 0.0323. The highest BCUT2D eigenvalue weighted by molar-refractivity contribution is 8.00. The van der Waals surface area contributed by atoms with E-state index in [0.717, 1.165) is 30.2 Å². The summed E-state index contributed by atoms with van der Waals surface area (Å²) in [5, 5.41) is 15.7. The summed E-state index contributed by atoms with van der Waals surface area (Å²) in [5.74, 6) is 1.60. The van der Waals surface area contributed by atoms with E-state index in [4.69, 9.17) is 4.74 Å². The summed E-state index contributed by atoms with van der Waals surface area (Å²) in [6, 6.07) is 7.47. The molecule has 3 aromatic rings. The number of aromatic nitrogens is 3. The van der Waals surface area contributed by atoms with Crippen molar-refractivity contribution in [2.24, 2.45) is 11.8 Å². The second-order valence-corrected chi connectivity index (χ2v) is 10.3. The molecule has 5 rings (SSSR count). The summed E-state index contributed by atoms with van der Waals surface area (Å²) in [7, 11) is 1.53. The van der Waals surface area contributed by atoms with E-state index < -0.39 is 0 Å². The number of pyridine rings is 3. The molecule has 5 heterocycles. The van der Waals surface area contributed by atoms with Crippen molar-refractivity contribution in [1.82, 2.24) is 30.6 Å². The molecular weight excluding hydrogens is 497 g/mol. The van der Waals surface area contributed by atoms with Crippen molar-refractivity contribution in [2.75, 3.05) is 50.9 Å². The quantitative estimate of drug-likeness (QED) is 0.291. The second-order valence-electron chi connectivity index (χ2n) is 9.32. The number of likely N-dealkylation sites (tertiary alicyclic amines) is 1. The number of thioether (sulfide) groups is 1. The number of methoxy groups -OCH3 is 1. The van der Waals surface area contributed by atoms with Crippen LogP contribution in [0.5, 0.6) is 5.88 Å². The van der Waals surface area contributed by atoms with E-state index in [0.29, 0.717) is 66.0 Å². The first-order valence-electron chi connectivity index (χ1n) is 12.2. The van der Waals surface area contributed by atoms with Gasteiger partial charge < -0.3 is 25.5 Å². The van der Waals surface area contributed by atoms with Crippen LogP contribution in [0.3, 0.4) is 0 Å². The van der Waals surface area contributed by atoms with Crippen LogP contribution in [0.4, 0.5) is 10.2 Å². The van der Waals surface area contributed by atoms with Gasteiger partial charge >= 0.3 is 0 Å². The molecule has 196 valence electrons. The van der Waals surface area contributed by atoms with E-state index in [2.05, 4.69) is 36.0 Å². The van der Waals surface area contributed by atoms with Gasteiger partial charge in [0.15, 0.2) is 0 Å². The van der Waals surface area contributed by atoms with Gasteiger partial charge in [0.25, 0.3) is 0 Å². The average molecular weight is 528 g/mol. The maximum absolute atomic E-state index is 14.7. The number of hydrogen-bond acceptors (Lipinski definition) is 10. The number of rotatable bonds is 10. The van der Waals surface area contributed by atoms with E-state index in [1.807, 2.05) is 12.1 Å². The second kappa shape index (κ2) is 11.7. The molecule has 37 heavy (non-hydrogen) atoms. The van der Waals surface area contributed by atoms with Gasteiger partial charge in [0.1, 0.15) is 11.6 Å². The number of nitrogens with zero attached hydrogens (tertiary/aromatic N) is 4. The van der Waals surface area contributed by atoms with Crippen LogP contribution in [0.25, 0.3) is 11.0 Å². The fourth-order valence-corrected chi connectivity index (χ4v) is 5.74. The van der Waals surface area contributed by atoms with Crippen LogP contribution in [0, 0.1) is 17.7 Å². The predicted molar refractivity (Wildman–Crippen MR) is 138 cm³/mol. The van der Waals surface area contributed by atoms with Gasteiger partial charge in [-0.25, -0.2) is 19.8 Å². The Kier molecular flexibility index (Phi) is 8.11. The third kappa shape index (κ3) is 5.99. The van der Waals surface area contributed by atoms with E-state index in [9.17, 15) is 14.4 Å². The molecule has 0 saturated carbocycles. The molecule has 1 fully saturated rings. The molecule has 1 amide bonds. The molecule has 3 aromatic heterocycles. The van der Waals surface area contributed by atoms with Gasteiger partial charge in [-0.1, -0.05) is 0 Å². The first-order chi connectivity index (χ1) is 18.0. The highest BCUT2D eigenvalue weighted by Gasteiger charge is 2.32. The zero-order chi connectivity index (χ0) is 25.8. The molecule has 0 aromatic carbocycles. The van der Waals surface area contributed by atoms with Crippen molar-refractivity contribution in [1.29, 1.82) is 0 Å². The Balaban J connectivity index is 1.19. The smallest absolute Gasteiger partial charge is 0.235 e. The van der Waals surface area contributed by atoms with Crippen LogP contribution >= 0.6 is 11.8 Å². The molecule has 2 atom stereocenters. The van der Waals surface area contributed by atoms with E-state index >= 15 is 0 Å². The van der Waals surface area contributed by atoms with Crippen molar-refractivity contribution in [3.05, 3.63) is 47.5 Å². The average Bonchev–Trinajstić information content (AvgIpc) is 3.29. The van der Waals surface area contributed by atoms with E-state index in [-0.39, 0.29) is 17.6 Å². The molecule has 0 spiro atoms. The minimum atomic E-state index is -0.369. The first kappa shape index (κ1) is 25.7. The monoisotopic (exact) mass is 527 g/mol. The van der Waals surface area contributed by atoms with Crippen LogP contribution in [-0.4, -0.2) is 76.6 Å². The van der Waals surface area contributed by atoms with Gasteiger partial charge in [0.2, 0.25) is 11.8 Å². The summed E-state index contributed by atoms with van der Waals surface area (Å²) in [6.07, 6.45) is 1.74. The van der Waals surface area contributed by atoms with Gasteiger partial charge in [0.05, 0.1) is 40.7 Å². The number of hydroxylamine groups is 1. The van der Waals surface area contributed by atoms with Crippen molar-refractivity contribution >= 4 is 34.5 Å². The summed E-state index contributed by atoms with van der Waals surface area (Å²) < 4.78 is 19.9. The maximum Gasteiger partial charge on any atom is 0.235 e. The Bertz CT molecular complexity index is 1280. The largest absolute Gasteiger partial charge is 0.481 e. The molecule has 10 nitrogen and oxygen atoms in total. The van der Waals surface area contributed by atoms with Crippen molar-refractivity contribution in [3.8, 4) is 5.88 Å². The lowest BCUT2D eigenvalue weighted by Gasteiger charge is -2.19. The summed E-state index contributed by atoms with van der Waals surface area (Å²) in [4.78, 5) is 28.1. The van der Waals surface area contributed by atoms with Crippen LogP contribution in [0.1, 0.15) is 11.3 Å². The van der Waals surface area contributed by atoms with E-state index in [1.165, 1.54) is 25.1 Å². The highest BCUT2D eigenvalue weighted by Crippen LogP contribution is 2.30. The van der Waals surface area contributed by atoms with Gasteiger partial charge in [-0.2, -0.15) is 0 Å². The first-order valence-corrected chi connectivity index (χ1v) is 13.2. The SMILES string of the molecule is COc1ccc2ncc(F)c(CCN3CC(CNO)[C@H](CNCc4ccc5c(n4)NC(=O)CS5)C3)c2n1. The predicted octanol–water partition coefficient (Wildman–Crippen LogP) is 2.08. The number of amides is 1. The normalized spacial score (nSPS) is 19.7. The number of anilines is 1. The number of fused-ring (bicyclic) bond motifs is 2.